The lowest BCUT2D eigenvalue weighted by Gasteiger charge is -2.21. The molecule has 1 aromatic heterocycles. The van der Waals surface area contributed by atoms with Crippen LogP contribution in [0.1, 0.15) is 57.2 Å². The molecule has 3 nitrogen and oxygen atoms in total. The fourth-order valence-electron chi connectivity index (χ4n) is 2.49. The first-order valence-corrected chi connectivity index (χ1v) is 6.53. The van der Waals surface area contributed by atoms with Gasteiger partial charge in [-0.2, -0.15) is 5.10 Å². The Hall–Kier alpha value is -0.990. The van der Waals surface area contributed by atoms with Crippen molar-refractivity contribution < 1.29 is 0 Å². The van der Waals surface area contributed by atoms with Gasteiger partial charge in [0.2, 0.25) is 0 Å². The summed E-state index contributed by atoms with van der Waals surface area (Å²) in [4.78, 5) is 0. The van der Waals surface area contributed by atoms with Crippen molar-refractivity contribution in [2.75, 3.05) is 11.9 Å². The number of nitrogens with one attached hydrogen (secondary N) is 2. The Bertz CT molecular complexity index is 341. The van der Waals surface area contributed by atoms with Gasteiger partial charge < -0.3 is 5.32 Å². The van der Waals surface area contributed by atoms with Gasteiger partial charge in [0, 0.05) is 23.7 Å². The molecular formula is C13H23N3. The lowest BCUT2D eigenvalue weighted by Crippen LogP contribution is -2.12. The van der Waals surface area contributed by atoms with E-state index in [4.69, 9.17) is 0 Å². The normalized spacial score (nSPS) is 19.9. The highest BCUT2D eigenvalue weighted by Crippen LogP contribution is 2.35. The Labute approximate surface area is 98.0 Å². The second-order valence-electron chi connectivity index (χ2n) is 5.24. The maximum atomic E-state index is 4.43. The van der Waals surface area contributed by atoms with Crippen LogP contribution >= 0.6 is 0 Å². The molecule has 0 aliphatic heterocycles. The molecule has 1 heterocycles. The Kier molecular flexibility index (Phi) is 3.52. The first-order chi connectivity index (χ1) is 7.72. The van der Waals surface area contributed by atoms with Crippen LogP contribution in [0.4, 0.5) is 5.82 Å². The highest BCUT2D eigenvalue weighted by Gasteiger charge is 2.23. The predicted octanol–water partition coefficient (Wildman–Crippen LogP) is 3.31. The zero-order valence-electron chi connectivity index (χ0n) is 10.6. The number of H-pyrrole nitrogens is 1. The molecule has 0 saturated carbocycles. The van der Waals surface area contributed by atoms with Crippen molar-refractivity contribution in [3.8, 4) is 0 Å². The van der Waals surface area contributed by atoms with E-state index in [1.807, 2.05) is 0 Å². The minimum Gasteiger partial charge on any atom is -0.368 e. The molecule has 16 heavy (non-hydrogen) atoms. The average Bonchev–Trinajstić information content (AvgIpc) is 2.69. The maximum Gasteiger partial charge on any atom is 0.151 e. The minimum absolute atomic E-state index is 0.665. The lowest BCUT2D eigenvalue weighted by atomic mass is 9.86. The number of nitrogens with zero attached hydrogens (tertiary/aromatic N) is 1. The summed E-state index contributed by atoms with van der Waals surface area (Å²) in [6.45, 7) is 7.72. The van der Waals surface area contributed by atoms with Gasteiger partial charge in [0.15, 0.2) is 5.82 Å². The van der Waals surface area contributed by atoms with Crippen molar-refractivity contribution in [2.24, 2.45) is 5.92 Å². The Morgan fingerprint density at radius 1 is 1.50 bits per heavy atom. The average molecular weight is 221 g/mol. The number of aromatic amines is 1. The molecule has 0 saturated heterocycles. The molecule has 1 aliphatic carbocycles. The number of aromatic nitrogens is 2. The van der Waals surface area contributed by atoms with Crippen molar-refractivity contribution in [1.29, 1.82) is 0 Å². The summed E-state index contributed by atoms with van der Waals surface area (Å²) >= 11 is 0. The number of anilines is 1. The molecule has 1 aliphatic rings. The summed E-state index contributed by atoms with van der Waals surface area (Å²) in [7, 11) is 0. The minimum atomic E-state index is 0.665. The van der Waals surface area contributed by atoms with Gasteiger partial charge in [-0.05, 0) is 31.6 Å². The van der Waals surface area contributed by atoms with Crippen LogP contribution in [0.3, 0.4) is 0 Å². The molecule has 0 aromatic carbocycles. The van der Waals surface area contributed by atoms with Crippen LogP contribution in [0.15, 0.2) is 0 Å². The van der Waals surface area contributed by atoms with Crippen molar-refractivity contribution in [2.45, 2.75) is 52.4 Å². The van der Waals surface area contributed by atoms with E-state index < -0.39 is 0 Å². The molecule has 0 amide bonds. The topological polar surface area (TPSA) is 40.7 Å². The van der Waals surface area contributed by atoms with Gasteiger partial charge in [0.05, 0.1) is 0 Å². The Morgan fingerprint density at radius 3 is 3.00 bits per heavy atom. The third-order valence-electron chi connectivity index (χ3n) is 3.46. The third kappa shape index (κ3) is 2.23. The zero-order valence-corrected chi connectivity index (χ0v) is 10.6. The quantitative estimate of drug-likeness (QED) is 0.819. The van der Waals surface area contributed by atoms with Crippen LogP contribution in [-0.2, 0) is 6.42 Å². The lowest BCUT2D eigenvalue weighted by molar-refractivity contribution is 0.528. The molecule has 0 radical (unpaired) electrons. The molecule has 0 bridgehead atoms. The van der Waals surface area contributed by atoms with Crippen molar-refractivity contribution >= 4 is 5.82 Å². The van der Waals surface area contributed by atoms with Gasteiger partial charge in [-0.15, -0.1) is 0 Å². The highest BCUT2D eigenvalue weighted by atomic mass is 15.2. The SMILES string of the molecule is CCC1CCCc2c(NCC(C)C)n[nH]c21. The van der Waals surface area contributed by atoms with Crippen molar-refractivity contribution in [3.05, 3.63) is 11.3 Å². The summed E-state index contributed by atoms with van der Waals surface area (Å²) in [6.07, 6.45) is 5.03. The molecule has 2 N–H and O–H groups in total. The van der Waals surface area contributed by atoms with Crippen LogP contribution in [0.2, 0.25) is 0 Å². The van der Waals surface area contributed by atoms with Gasteiger partial charge in [0.25, 0.3) is 0 Å². The fraction of sp³-hybridized carbons (Fsp3) is 0.769. The standard InChI is InChI=1S/C13H23N3/c1-4-10-6-5-7-11-12(10)15-16-13(11)14-8-9(2)3/h9-10H,4-8H2,1-3H3,(H2,14,15,16). The highest BCUT2D eigenvalue weighted by molar-refractivity contribution is 5.48. The summed E-state index contributed by atoms with van der Waals surface area (Å²) in [6, 6.07) is 0. The molecule has 1 unspecified atom stereocenters. The van der Waals surface area contributed by atoms with Crippen molar-refractivity contribution in [1.82, 2.24) is 10.2 Å². The van der Waals surface area contributed by atoms with Crippen LogP contribution < -0.4 is 5.32 Å². The van der Waals surface area contributed by atoms with Crippen LogP contribution in [0.5, 0.6) is 0 Å². The van der Waals surface area contributed by atoms with Gasteiger partial charge in [-0.3, -0.25) is 5.10 Å². The second-order valence-corrected chi connectivity index (χ2v) is 5.24. The van der Waals surface area contributed by atoms with E-state index in [2.05, 4.69) is 36.3 Å². The molecular weight excluding hydrogens is 198 g/mol. The van der Waals surface area contributed by atoms with Crippen LogP contribution in [0, 0.1) is 5.92 Å². The summed E-state index contributed by atoms with van der Waals surface area (Å²) in [5.74, 6) is 2.46. The molecule has 90 valence electrons. The van der Waals surface area contributed by atoms with E-state index >= 15 is 0 Å². The maximum absolute atomic E-state index is 4.43. The number of rotatable bonds is 4. The van der Waals surface area contributed by atoms with E-state index in [1.54, 1.807) is 0 Å². The number of hydrogen-bond acceptors (Lipinski definition) is 2. The van der Waals surface area contributed by atoms with Gasteiger partial charge in [-0.1, -0.05) is 20.8 Å². The molecule has 0 fully saturated rings. The molecule has 3 heteroatoms. The number of fused-ring (bicyclic) bond motifs is 1. The van der Waals surface area contributed by atoms with Crippen molar-refractivity contribution in [3.63, 3.8) is 0 Å². The summed E-state index contributed by atoms with van der Waals surface area (Å²) in [5.41, 5.74) is 2.83. The first-order valence-electron chi connectivity index (χ1n) is 6.53. The molecule has 2 rings (SSSR count). The Morgan fingerprint density at radius 2 is 2.31 bits per heavy atom. The van der Waals surface area contributed by atoms with Gasteiger partial charge in [0.1, 0.15) is 0 Å². The van der Waals surface area contributed by atoms with E-state index in [-0.39, 0.29) is 0 Å². The largest absolute Gasteiger partial charge is 0.368 e. The molecule has 1 atom stereocenters. The van der Waals surface area contributed by atoms with Crippen LogP contribution in [-0.4, -0.2) is 16.7 Å². The smallest absolute Gasteiger partial charge is 0.151 e. The van der Waals surface area contributed by atoms with E-state index in [1.165, 1.54) is 36.9 Å². The molecule has 1 aromatic rings. The van der Waals surface area contributed by atoms with Gasteiger partial charge in [-0.25, -0.2) is 0 Å². The monoisotopic (exact) mass is 221 g/mol. The summed E-state index contributed by atoms with van der Waals surface area (Å²) in [5, 5.41) is 11.1. The molecule has 0 spiro atoms. The van der Waals surface area contributed by atoms with E-state index in [0.29, 0.717) is 11.8 Å². The Balaban J connectivity index is 2.13. The second kappa shape index (κ2) is 4.89. The predicted molar refractivity (Wildman–Crippen MR) is 67.9 cm³/mol. The van der Waals surface area contributed by atoms with E-state index in [9.17, 15) is 0 Å². The van der Waals surface area contributed by atoms with Crippen LogP contribution in [0.25, 0.3) is 0 Å². The van der Waals surface area contributed by atoms with Gasteiger partial charge >= 0.3 is 0 Å². The number of hydrogen-bond donors (Lipinski definition) is 2. The summed E-state index contributed by atoms with van der Waals surface area (Å²) < 4.78 is 0. The van der Waals surface area contributed by atoms with E-state index in [0.717, 1.165) is 12.4 Å². The zero-order chi connectivity index (χ0) is 11.5. The third-order valence-corrected chi connectivity index (χ3v) is 3.46. The first kappa shape index (κ1) is 11.5. The fourth-order valence-corrected chi connectivity index (χ4v) is 2.49.